The van der Waals surface area contributed by atoms with Crippen LogP contribution in [0, 0.1) is 0 Å². The number of nitrogen functional groups attached to an aromatic ring is 1. The number of hydrogen-bond donors (Lipinski definition) is 2. The molecule has 2 aromatic rings. The van der Waals surface area contributed by atoms with Crippen molar-refractivity contribution >= 4 is 5.97 Å². The van der Waals surface area contributed by atoms with Crippen molar-refractivity contribution in [1.29, 1.82) is 0 Å². The number of nitrogens with zero attached hydrogens (tertiary/aromatic N) is 1. The van der Waals surface area contributed by atoms with Gasteiger partial charge in [-0.2, -0.15) is 0 Å². The Morgan fingerprint density at radius 3 is 2.36 bits per heavy atom. The topological polar surface area (TPSA) is 86.7 Å². The molecule has 0 spiro atoms. The lowest BCUT2D eigenvalue weighted by molar-refractivity contribution is 0.0695. The van der Waals surface area contributed by atoms with Crippen LogP contribution in [-0.2, 0) is 0 Å². The summed E-state index contributed by atoms with van der Waals surface area (Å²) < 4.78 is 12.0. The molecule has 1 heterocycles. The fourth-order valence-electron chi connectivity index (χ4n) is 2.52. The van der Waals surface area contributed by atoms with Gasteiger partial charge in [-0.3, -0.25) is 4.68 Å². The molecule has 118 valence electrons. The summed E-state index contributed by atoms with van der Waals surface area (Å²) in [5.41, 5.74) is 2.06. The average molecular weight is 304 g/mol. The molecule has 1 aromatic heterocycles. The number of nitrogens with two attached hydrogens (primary N) is 1. The summed E-state index contributed by atoms with van der Waals surface area (Å²) >= 11 is 0. The lowest BCUT2D eigenvalue weighted by Crippen LogP contribution is -2.16. The second-order valence-electron chi connectivity index (χ2n) is 5.22. The standard InChI is InChI=1S/C16H20N2O4/c1-9(2)15-12(16(19)20)8-13(18(15)17)11-6-5-10(21-3)7-14(11)22-4/h5-9H,17H2,1-4H3,(H,19,20). The van der Waals surface area contributed by atoms with E-state index in [1.165, 1.54) is 4.68 Å². The fraction of sp³-hybridized carbons (Fsp3) is 0.312. The second-order valence-corrected chi connectivity index (χ2v) is 5.22. The van der Waals surface area contributed by atoms with Crippen molar-refractivity contribution in [3.63, 3.8) is 0 Å². The molecule has 0 radical (unpaired) electrons. The first-order chi connectivity index (χ1) is 10.4. The number of carboxylic acids is 1. The van der Waals surface area contributed by atoms with Gasteiger partial charge in [-0.05, 0) is 24.1 Å². The van der Waals surface area contributed by atoms with Gasteiger partial charge in [-0.25, -0.2) is 4.79 Å². The van der Waals surface area contributed by atoms with Crippen molar-refractivity contribution in [3.05, 3.63) is 35.5 Å². The van der Waals surface area contributed by atoms with Crippen LogP contribution in [0.15, 0.2) is 24.3 Å². The minimum absolute atomic E-state index is 0.0194. The van der Waals surface area contributed by atoms with E-state index in [1.807, 2.05) is 13.8 Å². The Hall–Kier alpha value is -2.63. The number of ether oxygens (including phenoxy) is 2. The number of benzene rings is 1. The third-order valence-electron chi connectivity index (χ3n) is 3.54. The molecular formula is C16H20N2O4. The molecule has 6 heteroatoms. The maximum absolute atomic E-state index is 11.5. The molecule has 0 aliphatic carbocycles. The molecule has 0 unspecified atom stereocenters. The minimum atomic E-state index is -0.998. The first-order valence-corrected chi connectivity index (χ1v) is 6.87. The smallest absolute Gasteiger partial charge is 0.337 e. The van der Waals surface area contributed by atoms with Crippen LogP contribution in [0.1, 0.15) is 35.8 Å². The Balaban J connectivity index is 2.68. The quantitative estimate of drug-likeness (QED) is 0.829. The molecule has 0 aliphatic heterocycles. The van der Waals surface area contributed by atoms with Crippen LogP contribution < -0.4 is 15.3 Å². The summed E-state index contributed by atoms with van der Waals surface area (Å²) in [6.45, 7) is 3.81. The molecule has 3 N–H and O–H groups in total. The number of hydrogen-bond acceptors (Lipinski definition) is 4. The number of methoxy groups -OCH3 is 2. The summed E-state index contributed by atoms with van der Waals surface area (Å²) in [4.78, 5) is 11.5. The van der Waals surface area contributed by atoms with Crippen molar-refractivity contribution in [2.45, 2.75) is 19.8 Å². The third kappa shape index (κ3) is 2.59. The van der Waals surface area contributed by atoms with Crippen LogP contribution >= 0.6 is 0 Å². The monoisotopic (exact) mass is 304 g/mol. The van der Waals surface area contributed by atoms with Crippen LogP contribution in [-0.4, -0.2) is 30.0 Å². The summed E-state index contributed by atoms with van der Waals surface area (Å²) in [7, 11) is 3.11. The highest BCUT2D eigenvalue weighted by molar-refractivity contribution is 5.92. The lowest BCUT2D eigenvalue weighted by Gasteiger charge is -2.13. The summed E-state index contributed by atoms with van der Waals surface area (Å²) in [5, 5.41) is 9.39. The van der Waals surface area contributed by atoms with Gasteiger partial charge in [0.1, 0.15) is 11.5 Å². The van der Waals surface area contributed by atoms with Gasteiger partial charge in [0.15, 0.2) is 0 Å². The Kier molecular flexibility index (Phi) is 4.30. The van der Waals surface area contributed by atoms with E-state index in [4.69, 9.17) is 15.3 Å². The van der Waals surface area contributed by atoms with E-state index < -0.39 is 5.97 Å². The van der Waals surface area contributed by atoms with E-state index in [0.29, 0.717) is 28.5 Å². The molecule has 0 amide bonds. The Morgan fingerprint density at radius 1 is 1.23 bits per heavy atom. The molecule has 0 saturated heterocycles. The van der Waals surface area contributed by atoms with E-state index in [-0.39, 0.29) is 11.5 Å². The van der Waals surface area contributed by atoms with E-state index in [2.05, 4.69) is 0 Å². The first-order valence-electron chi connectivity index (χ1n) is 6.87. The molecular weight excluding hydrogens is 284 g/mol. The number of aromatic nitrogens is 1. The first kappa shape index (κ1) is 15.8. The van der Waals surface area contributed by atoms with Crippen molar-refractivity contribution in [3.8, 4) is 22.8 Å². The summed E-state index contributed by atoms with van der Waals surface area (Å²) in [6, 6.07) is 6.88. The van der Waals surface area contributed by atoms with Gasteiger partial charge in [-0.1, -0.05) is 13.8 Å². The molecule has 1 aromatic carbocycles. The average Bonchev–Trinajstić information content (AvgIpc) is 2.84. The molecule has 2 rings (SSSR count). The highest BCUT2D eigenvalue weighted by Gasteiger charge is 2.23. The van der Waals surface area contributed by atoms with Crippen molar-refractivity contribution < 1.29 is 19.4 Å². The van der Waals surface area contributed by atoms with E-state index in [0.717, 1.165) is 0 Å². The van der Waals surface area contributed by atoms with E-state index >= 15 is 0 Å². The molecule has 0 fully saturated rings. The molecule has 22 heavy (non-hydrogen) atoms. The minimum Gasteiger partial charge on any atom is -0.497 e. The van der Waals surface area contributed by atoms with Crippen LogP contribution in [0.5, 0.6) is 11.5 Å². The molecule has 0 saturated carbocycles. The largest absolute Gasteiger partial charge is 0.497 e. The third-order valence-corrected chi connectivity index (χ3v) is 3.54. The maximum Gasteiger partial charge on any atom is 0.337 e. The Bertz CT molecular complexity index is 704. The van der Waals surface area contributed by atoms with E-state index in [9.17, 15) is 9.90 Å². The van der Waals surface area contributed by atoms with Gasteiger partial charge in [0.2, 0.25) is 0 Å². The maximum atomic E-state index is 11.5. The zero-order valence-electron chi connectivity index (χ0n) is 13.1. The van der Waals surface area contributed by atoms with Crippen molar-refractivity contribution in [1.82, 2.24) is 4.68 Å². The fourth-order valence-corrected chi connectivity index (χ4v) is 2.52. The number of carboxylic acid groups (broad SMARTS) is 1. The molecule has 0 atom stereocenters. The molecule has 6 nitrogen and oxygen atoms in total. The van der Waals surface area contributed by atoms with Crippen LogP contribution in [0.2, 0.25) is 0 Å². The van der Waals surface area contributed by atoms with Crippen LogP contribution in [0.4, 0.5) is 0 Å². The van der Waals surface area contributed by atoms with Crippen LogP contribution in [0.25, 0.3) is 11.3 Å². The SMILES string of the molecule is COc1ccc(-c2cc(C(=O)O)c(C(C)C)n2N)c(OC)c1. The van der Waals surface area contributed by atoms with Gasteiger partial charge in [0, 0.05) is 11.6 Å². The van der Waals surface area contributed by atoms with E-state index in [1.54, 1.807) is 38.5 Å². The Labute approximate surface area is 129 Å². The highest BCUT2D eigenvalue weighted by atomic mass is 16.5. The van der Waals surface area contributed by atoms with Crippen molar-refractivity contribution in [2.24, 2.45) is 0 Å². The second kappa shape index (κ2) is 6.01. The van der Waals surface area contributed by atoms with Gasteiger partial charge >= 0.3 is 5.97 Å². The highest BCUT2D eigenvalue weighted by Crippen LogP contribution is 2.36. The molecule has 0 aliphatic rings. The normalized spacial score (nSPS) is 10.8. The number of aromatic carboxylic acids is 1. The van der Waals surface area contributed by atoms with Crippen LogP contribution in [0.3, 0.4) is 0 Å². The van der Waals surface area contributed by atoms with Gasteiger partial charge in [0.05, 0.1) is 31.2 Å². The number of rotatable bonds is 5. The van der Waals surface area contributed by atoms with Gasteiger partial charge in [0.25, 0.3) is 0 Å². The van der Waals surface area contributed by atoms with Gasteiger partial charge < -0.3 is 20.4 Å². The predicted molar refractivity (Wildman–Crippen MR) is 84.2 cm³/mol. The molecule has 0 bridgehead atoms. The summed E-state index contributed by atoms with van der Waals surface area (Å²) in [5.74, 6) is 6.33. The predicted octanol–water partition coefficient (Wildman–Crippen LogP) is 2.71. The lowest BCUT2D eigenvalue weighted by atomic mass is 10.1. The van der Waals surface area contributed by atoms with Crippen molar-refractivity contribution in [2.75, 3.05) is 20.1 Å². The zero-order valence-corrected chi connectivity index (χ0v) is 13.1. The Morgan fingerprint density at radius 2 is 1.91 bits per heavy atom. The zero-order chi connectivity index (χ0) is 16.4. The number of carbonyl (C=O) groups is 1. The summed E-state index contributed by atoms with van der Waals surface area (Å²) in [6.07, 6.45) is 0. The van der Waals surface area contributed by atoms with Gasteiger partial charge in [-0.15, -0.1) is 0 Å².